The molecule has 21 heteroatoms. The number of anilines is 1. The van der Waals surface area contributed by atoms with Crippen LogP contribution in [-0.4, -0.2) is 173 Å². The number of nitrogens with two attached hydrogens (primary N) is 1. The number of allylic oxidation sites excluding steroid dienone is 3. The molecule has 0 aromatic carbocycles. The van der Waals surface area contributed by atoms with Gasteiger partial charge in [0.15, 0.2) is 6.29 Å². The Morgan fingerprint density at radius 2 is 1.66 bits per heavy atom. The van der Waals surface area contributed by atoms with Crippen LogP contribution in [0.3, 0.4) is 0 Å². The zero-order valence-corrected chi connectivity index (χ0v) is 50.2. The molecule has 5 heterocycles. The minimum atomic E-state index is -1.71. The molecule has 1 amide bonds. The van der Waals surface area contributed by atoms with Crippen LogP contribution in [0.2, 0.25) is 0 Å². The number of aliphatic carboxylic acids is 1. The van der Waals surface area contributed by atoms with E-state index in [0.29, 0.717) is 70.0 Å². The fourth-order valence-electron chi connectivity index (χ4n) is 23.2. The number of carbonyl (C=O) groups is 2. The van der Waals surface area contributed by atoms with Gasteiger partial charge in [0.05, 0.1) is 72.2 Å². The molecule has 25 unspecified atom stereocenters. The maximum Gasteiger partial charge on any atom is 0.310 e. The van der Waals surface area contributed by atoms with Crippen molar-refractivity contribution in [1.29, 1.82) is 0 Å². The molecule has 25 atom stereocenters. The Hall–Kier alpha value is -3.84. The number of hydrogen-bond donors (Lipinski definition) is 15. The summed E-state index contributed by atoms with van der Waals surface area (Å²) < 4.78 is 13.1. The number of aliphatic hydroxyl groups excluding tert-OH is 8. The van der Waals surface area contributed by atoms with Crippen LogP contribution in [0.4, 0.5) is 5.82 Å². The lowest BCUT2D eigenvalue weighted by Gasteiger charge is -2.77. The standard InChI is InChI=1S/C64H96N8O13/c1-57(28-73)20-21-62(56(82)83)37(23-57)35-12-13-42-59(3,60(35,4)36-22-39-53(71-31-69-39)68-25-38(36)62)18-15-41-58(2,29-74)51(85-54-48(78)46(76)40(75)27-84-54)47(77)44(64(41,42)32-10-6-7-11-32)33-14-19-63(43-26-67-30-70-43,50(79)34(24-66-5)52(65)80)49-45(33)61(55(81)72-49)16-8-9-17-61/h12,14,19,26,30-34,36-38,40-42,44-52,54,66,68,73-80H,6-11,13,15-18,20-25,27-29,65H2,1-5H3,(H,67,70)(H,69,71)(H,72,81)(H,82,83). The van der Waals surface area contributed by atoms with Crippen LogP contribution in [0, 0.1) is 97.1 Å². The Balaban J connectivity index is 1.08. The molecule has 21 nitrogen and oxygen atoms in total. The Kier molecular flexibility index (Phi) is 14.9. The van der Waals surface area contributed by atoms with Gasteiger partial charge in [-0.1, -0.05) is 77.2 Å². The van der Waals surface area contributed by atoms with E-state index in [-0.39, 0.29) is 55.3 Å². The number of nitrogens with zero attached hydrogens (tertiary/aromatic N) is 2. The van der Waals surface area contributed by atoms with Crippen molar-refractivity contribution in [1.82, 2.24) is 30.6 Å². The minimum absolute atomic E-state index is 0.0331. The summed E-state index contributed by atoms with van der Waals surface area (Å²) in [6.45, 7) is 8.69. The molecule has 3 aliphatic heterocycles. The predicted molar refractivity (Wildman–Crippen MR) is 310 cm³/mol. The molecular formula is C64H96N8O13. The largest absolute Gasteiger partial charge is 0.481 e. The van der Waals surface area contributed by atoms with Crippen LogP contribution < -0.4 is 21.7 Å². The van der Waals surface area contributed by atoms with E-state index < -0.39 is 141 Å². The van der Waals surface area contributed by atoms with Gasteiger partial charge in [-0.15, -0.1) is 0 Å². The number of H-pyrrole nitrogens is 2. The second kappa shape index (κ2) is 21.1. The number of aromatic nitrogens is 4. The molecule has 6 saturated carbocycles. The molecule has 2 aromatic rings. The second-order valence-corrected chi connectivity index (χ2v) is 30.1. The Labute approximate surface area is 498 Å². The van der Waals surface area contributed by atoms with E-state index in [1.54, 1.807) is 25.9 Å². The van der Waals surface area contributed by atoms with Gasteiger partial charge in [-0.2, -0.15) is 0 Å². The first-order chi connectivity index (χ1) is 40.5. The first-order valence-electron chi connectivity index (χ1n) is 32.2. The van der Waals surface area contributed by atoms with Crippen molar-refractivity contribution < 1.29 is 65.0 Å². The molecule has 85 heavy (non-hydrogen) atoms. The molecule has 8 aliphatic carbocycles. The third kappa shape index (κ3) is 7.95. The van der Waals surface area contributed by atoms with Gasteiger partial charge >= 0.3 is 5.97 Å². The van der Waals surface area contributed by atoms with Gasteiger partial charge in [0, 0.05) is 54.8 Å². The number of carbonyl (C=O) groups excluding carboxylic acids is 1. The highest BCUT2D eigenvalue weighted by Gasteiger charge is 2.81. The van der Waals surface area contributed by atoms with Crippen LogP contribution >= 0.6 is 0 Å². The number of nitrogens with one attached hydrogen (secondary N) is 5. The Morgan fingerprint density at radius 1 is 0.906 bits per heavy atom. The summed E-state index contributed by atoms with van der Waals surface area (Å²) in [7, 11) is 1.73. The average Bonchev–Trinajstić information content (AvgIpc) is 1.28. The number of carboxylic acids is 1. The third-order valence-electron chi connectivity index (χ3n) is 27.2. The summed E-state index contributed by atoms with van der Waals surface area (Å²) in [5, 5.41) is 119. The van der Waals surface area contributed by atoms with Crippen molar-refractivity contribution in [3.63, 3.8) is 0 Å². The molecule has 470 valence electrons. The first kappa shape index (κ1) is 60.1. The van der Waals surface area contributed by atoms with Crippen molar-refractivity contribution in [2.45, 2.75) is 185 Å². The van der Waals surface area contributed by atoms with Gasteiger partial charge in [0.25, 0.3) is 0 Å². The van der Waals surface area contributed by atoms with Crippen molar-refractivity contribution >= 4 is 17.7 Å². The molecule has 0 bridgehead atoms. The van der Waals surface area contributed by atoms with Crippen LogP contribution in [0.5, 0.6) is 0 Å². The molecule has 11 aliphatic rings. The summed E-state index contributed by atoms with van der Waals surface area (Å²) in [5.74, 6) is -4.74. The normalized spacial score (nSPS) is 48.2. The van der Waals surface area contributed by atoms with Crippen molar-refractivity contribution in [3.8, 4) is 0 Å². The van der Waals surface area contributed by atoms with Gasteiger partial charge in [-0.05, 0) is 141 Å². The SMILES string of the molecule is CNCC(C(N)O)C(O)C1(c2cnc[nH]2)C=CC(C2C(O)C(OC3OCC(O)C(O)C3O)C(C)(CO)C3CCC4(C)C(CC=C5C6CC(C)(CO)CCC6(C(=O)O)C6CNc7nc[nH]c7CC6C54C)C23C2CCCC2)C2C1NC(=O)C21CCCC1. The minimum Gasteiger partial charge on any atom is -0.481 e. The maximum absolute atomic E-state index is 15.7. The third-order valence-corrected chi connectivity index (χ3v) is 27.2. The zero-order chi connectivity index (χ0) is 60.2. The van der Waals surface area contributed by atoms with Gasteiger partial charge in [0.2, 0.25) is 5.91 Å². The van der Waals surface area contributed by atoms with Crippen LogP contribution in [0.25, 0.3) is 0 Å². The average molecular weight is 1190 g/mol. The Morgan fingerprint density at radius 3 is 2.33 bits per heavy atom. The van der Waals surface area contributed by atoms with E-state index in [0.717, 1.165) is 55.6 Å². The molecule has 2 aromatic heterocycles. The Bertz CT molecular complexity index is 2900. The zero-order valence-electron chi connectivity index (χ0n) is 50.2. The van der Waals surface area contributed by atoms with E-state index in [4.69, 9.17) is 20.2 Å². The highest BCUT2D eigenvalue weighted by molar-refractivity contribution is 5.87. The van der Waals surface area contributed by atoms with E-state index in [1.165, 1.54) is 0 Å². The molecular weight excluding hydrogens is 1090 g/mol. The lowest BCUT2D eigenvalue weighted by molar-refractivity contribution is -0.354. The van der Waals surface area contributed by atoms with Gasteiger partial charge in [0.1, 0.15) is 30.4 Å². The van der Waals surface area contributed by atoms with Gasteiger partial charge in [-0.3, -0.25) is 9.59 Å². The lowest BCUT2D eigenvalue weighted by atomic mass is 9.27. The monoisotopic (exact) mass is 1180 g/mol. The summed E-state index contributed by atoms with van der Waals surface area (Å²) >= 11 is 0. The fraction of sp³-hybridized carbons (Fsp3) is 0.812. The lowest BCUT2D eigenvalue weighted by Crippen LogP contribution is -2.77. The van der Waals surface area contributed by atoms with Gasteiger partial charge in [-0.25, -0.2) is 9.97 Å². The number of fused-ring (bicyclic) bond motifs is 13. The van der Waals surface area contributed by atoms with Crippen LogP contribution in [0.15, 0.2) is 42.7 Å². The number of rotatable bonds is 13. The number of aromatic amines is 2. The van der Waals surface area contributed by atoms with E-state index >= 15 is 4.79 Å². The molecule has 13 rings (SSSR count). The van der Waals surface area contributed by atoms with E-state index in [9.17, 15) is 50.8 Å². The highest BCUT2D eigenvalue weighted by Crippen LogP contribution is 2.82. The number of carboxylic acid groups (broad SMARTS) is 1. The number of hydrogen-bond acceptors (Lipinski definition) is 17. The van der Waals surface area contributed by atoms with E-state index in [1.807, 2.05) is 13.0 Å². The molecule has 16 N–H and O–H groups in total. The van der Waals surface area contributed by atoms with Crippen LogP contribution in [0.1, 0.15) is 129 Å². The molecule has 1 spiro atoms. The number of imidazole rings is 2. The van der Waals surface area contributed by atoms with Gasteiger partial charge < -0.3 is 87.1 Å². The number of amides is 1. The number of aliphatic hydroxyl groups is 8. The smallest absolute Gasteiger partial charge is 0.310 e. The summed E-state index contributed by atoms with van der Waals surface area (Å²) in [6, 6.07) is -0.832. The second-order valence-electron chi connectivity index (χ2n) is 30.1. The van der Waals surface area contributed by atoms with Crippen molar-refractivity contribution in [2.24, 2.45) is 103 Å². The molecule has 0 radical (unpaired) electrons. The molecule has 8 fully saturated rings. The maximum atomic E-state index is 15.7. The van der Waals surface area contributed by atoms with E-state index in [2.05, 4.69) is 63.8 Å². The predicted octanol–water partition coefficient (Wildman–Crippen LogP) is 2.85. The van der Waals surface area contributed by atoms with Crippen LogP contribution in [-0.2, 0) is 30.9 Å². The first-order valence-corrected chi connectivity index (χ1v) is 32.2. The quantitative estimate of drug-likeness (QED) is 0.0779. The topological polar surface area (TPSA) is 354 Å². The fourth-order valence-corrected chi connectivity index (χ4v) is 23.2. The van der Waals surface area contributed by atoms with Crippen molar-refractivity contribution in [3.05, 3.63) is 54.0 Å². The summed E-state index contributed by atoms with van der Waals surface area (Å²) in [5.41, 5.74) is 1.53. The number of ether oxygens (including phenoxy) is 2. The summed E-state index contributed by atoms with van der Waals surface area (Å²) in [4.78, 5) is 46.5. The summed E-state index contributed by atoms with van der Waals surface area (Å²) in [6.07, 6.45) is 9.73. The highest BCUT2D eigenvalue weighted by atomic mass is 16.7. The molecule has 2 saturated heterocycles. The van der Waals surface area contributed by atoms with Crippen molar-refractivity contribution in [2.75, 3.05) is 45.3 Å².